The molecule has 3 rings (SSSR count). The Labute approximate surface area is 169 Å². The normalized spacial score (nSPS) is 11.7. The van der Waals surface area contributed by atoms with Crippen molar-refractivity contribution in [1.82, 2.24) is 4.98 Å². The molecule has 0 saturated carbocycles. The Balaban J connectivity index is 2.03. The summed E-state index contributed by atoms with van der Waals surface area (Å²) in [6.07, 6.45) is -0.631. The van der Waals surface area contributed by atoms with Crippen LogP contribution in [0.2, 0.25) is 0 Å². The lowest BCUT2D eigenvalue weighted by Crippen LogP contribution is -2.11. The highest BCUT2D eigenvalue weighted by molar-refractivity contribution is 7.20. The number of benzene rings is 1. The zero-order chi connectivity index (χ0) is 21.1. The first-order valence-electron chi connectivity index (χ1n) is 8.52. The van der Waals surface area contributed by atoms with Gasteiger partial charge in [0.15, 0.2) is 0 Å². The predicted molar refractivity (Wildman–Crippen MR) is 106 cm³/mol. The monoisotopic (exact) mass is 414 g/mol. The van der Waals surface area contributed by atoms with E-state index in [1.165, 1.54) is 19.1 Å². The number of nitrogens with one attached hydrogen (secondary N) is 1. The molecule has 4 N–H and O–H groups in total. The Kier molecular flexibility index (Phi) is 5.87. The molecule has 2 aromatic heterocycles. The third kappa shape index (κ3) is 4.56. The van der Waals surface area contributed by atoms with Gasteiger partial charge < -0.3 is 16.2 Å². The van der Waals surface area contributed by atoms with Crippen molar-refractivity contribution in [2.24, 2.45) is 5.73 Å². The number of anilines is 2. The fourth-order valence-corrected chi connectivity index (χ4v) is 3.91. The van der Waals surface area contributed by atoms with E-state index >= 15 is 0 Å². The van der Waals surface area contributed by atoms with E-state index < -0.39 is 23.6 Å². The third-order valence-electron chi connectivity index (χ3n) is 3.98. The summed E-state index contributed by atoms with van der Waals surface area (Å²) < 4.78 is 29.2. The SMILES string of the molecule is CC(O)Cc1cc(F)c(-c2cc(C(N)=O)c(Nc3cccc(C#N)n3)s2)c(F)c1. The zero-order valence-corrected chi connectivity index (χ0v) is 16.1. The number of rotatable bonds is 6. The van der Waals surface area contributed by atoms with E-state index in [1.807, 2.05) is 6.07 Å². The summed E-state index contributed by atoms with van der Waals surface area (Å²) in [6.45, 7) is 1.52. The standard InChI is InChI=1S/C20H16F2N4O2S/c1-10(27)5-11-6-14(21)18(15(22)7-11)16-8-13(19(24)28)20(29-16)26-17-4-2-3-12(9-23)25-17/h2-4,6-8,10,27H,5H2,1H3,(H2,24,28)(H,25,26). The van der Waals surface area contributed by atoms with Crippen molar-refractivity contribution in [2.75, 3.05) is 5.32 Å². The number of aromatic nitrogens is 1. The third-order valence-corrected chi connectivity index (χ3v) is 5.05. The van der Waals surface area contributed by atoms with Crippen LogP contribution in [0.4, 0.5) is 19.6 Å². The van der Waals surface area contributed by atoms with Gasteiger partial charge in [0.05, 0.1) is 17.2 Å². The Hall–Kier alpha value is -3.35. The quantitative estimate of drug-likeness (QED) is 0.569. The molecule has 9 heteroatoms. The van der Waals surface area contributed by atoms with Gasteiger partial charge in [-0.1, -0.05) is 6.07 Å². The van der Waals surface area contributed by atoms with Gasteiger partial charge in [0.1, 0.15) is 34.2 Å². The molecule has 2 heterocycles. The summed E-state index contributed by atoms with van der Waals surface area (Å²) in [6, 6.07) is 10.2. The first-order chi connectivity index (χ1) is 13.8. The van der Waals surface area contributed by atoms with Gasteiger partial charge in [-0.05, 0) is 49.2 Å². The van der Waals surface area contributed by atoms with Crippen molar-refractivity contribution >= 4 is 28.1 Å². The van der Waals surface area contributed by atoms with Gasteiger partial charge in [-0.2, -0.15) is 5.26 Å². The Bertz CT molecular complexity index is 1100. The summed E-state index contributed by atoms with van der Waals surface area (Å²) >= 11 is 0.933. The van der Waals surface area contributed by atoms with Crippen LogP contribution in [0.1, 0.15) is 28.5 Å². The van der Waals surface area contributed by atoms with Crippen LogP contribution in [-0.2, 0) is 6.42 Å². The minimum atomic E-state index is -0.811. The van der Waals surface area contributed by atoms with E-state index in [4.69, 9.17) is 11.0 Å². The number of primary amides is 1. The molecule has 6 nitrogen and oxygen atoms in total. The fraction of sp³-hybridized carbons (Fsp3) is 0.150. The van der Waals surface area contributed by atoms with Crippen molar-refractivity contribution in [2.45, 2.75) is 19.4 Å². The molecule has 3 aromatic rings. The van der Waals surface area contributed by atoms with E-state index in [9.17, 15) is 18.7 Å². The van der Waals surface area contributed by atoms with E-state index in [0.29, 0.717) is 5.56 Å². The second-order valence-electron chi connectivity index (χ2n) is 6.35. The first kappa shape index (κ1) is 20.4. The lowest BCUT2D eigenvalue weighted by molar-refractivity contribution is 0.100. The van der Waals surface area contributed by atoms with Crippen LogP contribution >= 0.6 is 11.3 Å². The summed E-state index contributed by atoms with van der Waals surface area (Å²) in [5, 5.41) is 21.5. The number of amides is 1. The van der Waals surface area contributed by atoms with E-state index in [2.05, 4.69) is 10.3 Å². The van der Waals surface area contributed by atoms with Crippen LogP contribution in [0.15, 0.2) is 36.4 Å². The van der Waals surface area contributed by atoms with Gasteiger partial charge in [0.25, 0.3) is 5.91 Å². The Morgan fingerprint density at radius 3 is 2.62 bits per heavy atom. The molecule has 0 bridgehead atoms. The van der Waals surface area contributed by atoms with E-state index in [-0.39, 0.29) is 38.9 Å². The molecular weight excluding hydrogens is 398 g/mol. The number of carbonyl (C=O) groups is 1. The van der Waals surface area contributed by atoms with Gasteiger partial charge in [-0.15, -0.1) is 11.3 Å². The van der Waals surface area contributed by atoms with E-state index in [1.54, 1.807) is 12.1 Å². The average molecular weight is 414 g/mol. The number of pyridine rings is 1. The maximum atomic E-state index is 14.6. The molecule has 0 aliphatic rings. The Morgan fingerprint density at radius 2 is 2.03 bits per heavy atom. The molecule has 1 aromatic carbocycles. The number of carbonyl (C=O) groups excluding carboxylic acids is 1. The highest BCUT2D eigenvalue weighted by atomic mass is 32.1. The number of aliphatic hydroxyl groups excluding tert-OH is 1. The molecular formula is C20H16F2N4O2S. The molecule has 0 radical (unpaired) electrons. The molecule has 1 unspecified atom stereocenters. The summed E-state index contributed by atoms with van der Waals surface area (Å²) in [5.74, 6) is -2.12. The minimum Gasteiger partial charge on any atom is -0.393 e. The molecule has 0 spiro atoms. The second kappa shape index (κ2) is 8.34. The maximum Gasteiger partial charge on any atom is 0.251 e. The maximum absolute atomic E-state index is 14.6. The number of nitrogens with two attached hydrogens (primary N) is 1. The van der Waals surface area contributed by atoms with Gasteiger partial charge in [-0.3, -0.25) is 4.79 Å². The van der Waals surface area contributed by atoms with Crippen LogP contribution in [0.5, 0.6) is 0 Å². The molecule has 0 fully saturated rings. The zero-order valence-electron chi connectivity index (χ0n) is 15.2. The van der Waals surface area contributed by atoms with Crippen LogP contribution in [0, 0.1) is 23.0 Å². The van der Waals surface area contributed by atoms with Crippen molar-refractivity contribution in [3.63, 3.8) is 0 Å². The van der Waals surface area contributed by atoms with Crippen molar-refractivity contribution in [3.8, 4) is 16.5 Å². The molecule has 148 valence electrons. The lowest BCUT2D eigenvalue weighted by Gasteiger charge is -2.08. The summed E-state index contributed by atoms with van der Waals surface area (Å²) in [4.78, 5) is 16.0. The number of halogens is 2. The van der Waals surface area contributed by atoms with Gasteiger partial charge in [-0.25, -0.2) is 13.8 Å². The average Bonchev–Trinajstić information content (AvgIpc) is 3.04. The summed E-state index contributed by atoms with van der Waals surface area (Å²) in [7, 11) is 0. The van der Waals surface area contributed by atoms with Gasteiger partial charge >= 0.3 is 0 Å². The topological polar surface area (TPSA) is 112 Å². The van der Waals surface area contributed by atoms with Crippen molar-refractivity contribution in [3.05, 3.63) is 64.9 Å². The van der Waals surface area contributed by atoms with Crippen molar-refractivity contribution < 1.29 is 18.7 Å². The number of hydrogen-bond acceptors (Lipinski definition) is 6. The van der Waals surface area contributed by atoms with Crippen LogP contribution in [-0.4, -0.2) is 22.1 Å². The largest absolute Gasteiger partial charge is 0.393 e. The van der Waals surface area contributed by atoms with Crippen LogP contribution in [0.3, 0.4) is 0 Å². The second-order valence-corrected chi connectivity index (χ2v) is 7.40. The molecule has 0 aliphatic heterocycles. The van der Waals surface area contributed by atoms with Crippen molar-refractivity contribution in [1.29, 1.82) is 5.26 Å². The lowest BCUT2D eigenvalue weighted by atomic mass is 10.0. The molecule has 1 amide bonds. The van der Waals surface area contributed by atoms with Crippen LogP contribution < -0.4 is 11.1 Å². The highest BCUT2D eigenvalue weighted by Gasteiger charge is 2.21. The minimum absolute atomic E-state index is 0.0426. The van der Waals surface area contributed by atoms with Crippen LogP contribution in [0.25, 0.3) is 10.4 Å². The summed E-state index contributed by atoms with van der Waals surface area (Å²) in [5.41, 5.74) is 5.65. The number of nitriles is 1. The van der Waals surface area contributed by atoms with Gasteiger partial charge in [0.2, 0.25) is 0 Å². The number of nitrogens with zero attached hydrogens (tertiary/aromatic N) is 2. The van der Waals surface area contributed by atoms with Gasteiger partial charge in [0, 0.05) is 4.88 Å². The number of aliphatic hydroxyl groups is 1. The molecule has 1 atom stereocenters. The molecule has 0 aliphatic carbocycles. The Morgan fingerprint density at radius 1 is 1.34 bits per heavy atom. The number of thiophene rings is 1. The van der Waals surface area contributed by atoms with E-state index in [0.717, 1.165) is 23.5 Å². The molecule has 0 saturated heterocycles. The highest BCUT2D eigenvalue weighted by Crippen LogP contribution is 2.39. The number of hydrogen-bond donors (Lipinski definition) is 3. The smallest absolute Gasteiger partial charge is 0.251 e. The first-order valence-corrected chi connectivity index (χ1v) is 9.34. The fourth-order valence-electron chi connectivity index (χ4n) is 2.79. The predicted octanol–water partition coefficient (Wildman–Crippen LogP) is 3.73. The molecule has 29 heavy (non-hydrogen) atoms.